The fraction of sp³-hybridized carbons (Fsp3) is 0.667. The molecule has 96 valence electrons. The molecule has 2 unspecified atom stereocenters. The summed E-state index contributed by atoms with van der Waals surface area (Å²) < 4.78 is 5.34. The fourth-order valence-electron chi connectivity index (χ4n) is 1.51. The molecule has 0 bridgehead atoms. The summed E-state index contributed by atoms with van der Waals surface area (Å²) in [5.41, 5.74) is 5.77. The number of unbranched alkanes of at least 4 members (excludes halogenated alkanes) is 1. The lowest BCUT2D eigenvalue weighted by molar-refractivity contribution is -0.123. The smallest absolute Gasteiger partial charge is 0.237 e. The zero-order chi connectivity index (χ0) is 12.8. The molecule has 17 heavy (non-hydrogen) atoms. The van der Waals surface area contributed by atoms with Gasteiger partial charge >= 0.3 is 0 Å². The minimum Gasteiger partial charge on any atom is -0.444 e. The van der Waals surface area contributed by atoms with Gasteiger partial charge in [0.2, 0.25) is 11.8 Å². The number of nitrogens with one attached hydrogen (secondary N) is 1. The van der Waals surface area contributed by atoms with Crippen LogP contribution < -0.4 is 11.1 Å². The number of rotatable bonds is 6. The second kappa shape index (κ2) is 6.39. The van der Waals surface area contributed by atoms with E-state index < -0.39 is 6.04 Å². The lowest BCUT2D eigenvalue weighted by Gasteiger charge is -2.15. The van der Waals surface area contributed by atoms with E-state index in [1.165, 1.54) is 0 Å². The predicted molar refractivity (Wildman–Crippen MR) is 65.3 cm³/mol. The first-order valence-corrected chi connectivity index (χ1v) is 6.02. The topological polar surface area (TPSA) is 81.2 Å². The molecule has 0 aliphatic heterocycles. The van der Waals surface area contributed by atoms with Crippen molar-refractivity contribution >= 4 is 5.91 Å². The first-order valence-electron chi connectivity index (χ1n) is 6.02. The van der Waals surface area contributed by atoms with Gasteiger partial charge in [-0.25, -0.2) is 4.98 Å². The number of hydrogen-bond acceptors (Lipinski definition) is 4. The number of carbonyl (C=O) groups excluding carboxylic acids is 1. The summed E-state index contributed by atoms with van der Waals surface area (Å²) in [7, 11) is 0. The first kappa shape index (κ1) is 13.7. The molecule has 0 spiro atoms. The van der Waals surface area contributed by atoms with E-state index in [1.54, 1.807) is 6.20 Å². The molecule has 0 aliphatic carbocycles. The molecule has 5 heteroatoms. The third kappa shape index (κ3) is 4.19. The molecule has 1 amide bonds. The van der Waals surface area contributed by atoms with Gasteiger partial charge in [0.1, 0.15) is 11.8 Å². The van der Waals surface area contributed by atoms with Crippen LogP contribution in [0.15, 0.2) is 10.6 Å². The normalized spacial score (nSPS) is 14.4. The number of hydrogen-bond donors (Lipinski definition) is 2. The summed E-state index contributed by atoms with van der Waals surface area (Å²) in [6.45, 7) is 5.72. The zero-order valence-electron chi connectivity index (χ0n) is 10.7. The Morgan fingerprint density at radius 2 is 2.35 bits per heavy atom. The van der Waals surface area contributed by atoms with Crippen LogP contribution in [-0.2, 0) is 4.79 Å². The molecule has 0 aliphatic rings. The van der Waals surface area contributed by atoms with Crippen molar-refractivity contribution in [1.29, 1.82) is 0 Å². The van der Waals surface area contributed by atoms with Crippen molar-refractivity contribution in [2.24, 2.45) is 5.73 Å². The molecule has 0 radical (unpaired) electrons. The van der Waals surface area contributed by atoms with E-state index in [9.17, 15) is 4.79 Å². The molecule has 3 N–H and O–H groups in total. The maximum absolute atomic E-state index is 11.7. The summed E-state index contributed by atoms with van der Waals surface area (Å²) in [5, 5.41) is 2.80. The molecule has 5 nitrogen and oxygen atoms in total. The lowest BCUT2D eigenvalue weighted by Crippen LogP contribution is -2.41. The van der Waals surface area contributed by atoms with Crippen molar-refractivity contribution < 1.29 is 9.21 Å². The van der Waals surface area contributed by atoms with Gasteiger partial charge in [0, 0.05) is 0 Å². The Labute approximate surface area is 102 Å². The van der Waals surface area contributed by atoms with Gasteiger partial charge in [-0.15, -0.1) is 0 Å². The zero-order valence-corrected chi connectivity index (χ0v) is 10.7. The Kier molecular flexibility index (Phi) is 5.15. The van der Waals surface area contributed by atoms with Gasteiger partial charge in [-0.2, -0.15) is 0 Å². The molecular formula is C12H21N3O2. The Morgan fingerprint density at radius 1 is 1.65 bits per heavy atom. The van der Waals surface area contributed by atoms with Gasteiger partial charge in [0.25, 0.3) is 0 Å². The van der Waals surface area contributed by atoms with Crippen LogP contribution in [0.3, 0.4) is 0 Å². The first-order chi connectivity index (χ1) is 8.04. The average Bonchev–Trinajstić information content (AvgIpc) is 2.72. The summed E-state index contributed by atoms with van der Waals surface area (Å²) >= 11 is 0. The summed E-state index contributed by atoms with van der Waals surface area (Å²) in [6.07, 6.45) is 4.34. The Morgan fingerprint density at radius 3 is 2.88 bits per heavy atom. The Bertz CT molecular complexity index is 362. The van der Waals surface area contributed by atoms with E-state index in [4.69, 9.17) is 10.2 Å². The van der Waals surface area contributed by atoms with Crippen LogP contribution in [-0.4, -0.2) is 16.9 Å². The van der Waals surface area contributed by atoms with E-state index in [2.05, 4.69) is 17.2 Å². The van der Waals surface area contributed by atoms with Crippen molar-refractivity contribution in [2.75, 3.05) is 0 Å². The number of aryl methyl sites for hydroxylation is 1. The molecule has 0 aromatic carbocycles. The second-order valence-electron chi connectivity index (χ2n) is 4.29. The van der Waals surface area contributed by atoms with Crippen molar-refractivity contribution in [1.82, 2.24) is 10.3 Å². The number of carbonyl (C=O) groups is 1. The molecule has 0 saturated heterocycles. The molecule has 1 heterocycles. The van der Waals surface area contributed by atoms with E-state index in [0.29, 0.717) is 12.3 Å². The van der Waals surface area contributed by atoms with Crippen LogP contribution in [0.2, 0.25) is 0 Å². The second-order valence-corrected chi connectivity index (χ2v) is 4.29. The number of oxazole rings is 1. The molecule has 1 aromatic heterocycles. The summed E-state index contributed by atoms with van der Waals surface area (Å²) in [5.74, 6) is 1.09. The number of nitrogens with two attached hydrogens (primary N) is 1. The molecule has 0 fully saturated rings. The van der Waals surface area contributed by atoms with Crippen molar-refractivity contribution in [2.45, 2.75) is 52.1 Å². The van der Waals surface area contributed by atoms with Crippen molar-refractivity contribution in [3.05, 3.63) is 17.8 Å². The SMILES string of the molecule is CCCCC(N)C(=O)NC(C)c1ncc(C)o1. The van der Waals surface area contributed by atoms with Crippen LogP contribution in [0, 0.1) is 6.92 Å². The average molecular weight is 239 g/mol. The highest BCUT2D eigenvalue weighted by Crippen LogP contribution is 2.12. The van der Waals surface area contributed by atoms with Gasteiger partial charge in [0.15, 0.2) is 0 Å². The molecule has 1 rings (SSSR count). The minimum atomic E-state index is -0.451. The van der Waals surface area contributed by atoms with Crippen LogP contribution >= 0.6 is 0 Å². The monoisotopic (exact) mass is 239 g/mol. The van der Waals surface area contributed by atoms with Crippen molar-refractivity contribution in [3.8, 4) is 0 Å². The van der Waals surface area contributed by atoms with Gasteiger partial charge < -0.3 is 15.5 Å². The number of amides is 1. The van der Waals surface area contributed by atoms with E-state index in [1.807, 2.05) is 13.8 Å². The van der Waals surface area contributed by atoms with Gasteiger partial charge in [-0.05, 0) is 20.3 Å². The largest absolute Gasteiger partial charge is 0.444 e. The summed E-state index contributed by atoms with van der Waals surface area (Å²) in [6, 6.07) is -0.697. The highest BCUT2D eigenvalue weighted by molar-refractivity contribution is 5.81. The van der Waals surface area contributed by atoms with E-state index >= 15 is 0 Å². The molecular weight excluding hydrogens is 218 g/mol. The standard InChI is InChI=1S/C12H21N3O2/c1-4-5-6-10(13)11(16)15-9(3)12-14-7-8(2)17-12/h7,9-10H,4-6,13H2,1-3H3,(H,15,16). The number of aromatic nitrogens is 1. The van der Waals surface area contributed by atoms with Crippen LogP contribution in [0.1, 0.15) is 50.8 Å². The van der Waals surface area contributed by atoms with Gasteiger partial charge in [-0.3, -0.25) is 4.79 Å². The third-order valence-electron chi connectivity index (χ3n) is 2.57. The highest BCUT2D eigenvalue weighted by Gasteiger charge is 2.18. The minimum absolute atomic E-state index is 0.151. The lowest BCUT2D eigenvalue weighted by atomic mass is 10.1. The van der Waals surface area contributed by atoms with E-state index in [0.717, 1.165) is 18.6 Å². The third-order valence-corrected chi connectivity index (χ3v) is 2.57. The highest BCUT2D eigenvalue weighted by atomic mass is 16.4. The Balaban J connectivity index is 2.45. The summed E-state index contributed by atoms with van der Waals surface area (Å²) in [4.78, 5) is 15.8. The van der Waals surface area contributed by atoms with Crippen LogP contribution in [0.5, 0.6) is 0 Å². The maximum Gasteiger partial charge on any atom is 0.237 e. The fourth-order valence-corrected chi connectivity index (χ4v) is 1.51. The maximum atomic E-state index is 11.7. The number of nitrogens with zero attached hydrogens (tertiary/aromatic N) is 1. The quantitative estimate of drug-likeness (QED) is 0.791. The van der Waals surface area contributed by atoms with Crippen molar-refractivity contribution in [3.63, 3.8) is 0 Å². The van der Waals surface area contributed by atoms with Gasteiger partial charge in [-0.1, -0.05) is 19.8 Å². The molecule has 1 aromatic rings. The van der Waals surface area contributed by atoms with Gasteiger partial charge in [0.05, 0.1) is 12.2 Å². The van der Waals surface area contributed by atoms with Crippen LogP contribution in [0.25, 0.3) is 0 Å². The Hall–Kier alpha value is -1.36. The molecule has 0 saturated carbocycles. The van der Waals surface area contributed by atoms with E-state index in [-0.39, 0.29) is 11.9 Å². The predicted octanol–water partition coefficient (Wildman–Crippen LogP) is 1.68. The molecule has 2 atom stereocenters. The van der Waals surface area contributed by atoms with Crippen LogP contribution in [0.4, 0.5) is 0 Å².